The number of fused-ring (bicyclic) bond motifs is 2. The van der Waals surface area contributed by atoms with E-state index in [1.54, 1.807) is 36.4 Å². The van der Waals surface area contributed by atoms with Gasteiger partial charge in [-0.05, 0) is 110 Å². The Morgan fingerprint density at radius 2 is 0.863 bits per heavy atom. The van der Waals surface area contributed by atoms with Crippen molar-refractivity contribution in [2.75, 3.05) is 0 Å². The smallest absolute Gasteiger partial charge is 0.266 e. The molecule has 2 heterocycles. The Bertz CT molecular complexity index is 2100. The molecule has 0 atom stereocenters. The van der Waals surface area contributed by atoms with Crippen LogP contribution in [0.3, 0.4) is 0 Å². The summed E-state index contributed by atoms with van der Waals surface area (Å²) in [6.07, 6.45) is 14.3. The third kappa shape index (κ3) is 5.68. The van der Waals surface area contributed by atoms with Crippen LogP contribution in [0.4, 0.5) is 0 Å². The van der Waals surface area contributed by atoms with Crippen LogP contribution < -0.4 is 9.47 Å². The van der Waals surface area contributed by atoms with Gasteiger partial charge in [-0.25, -0.2) is 9.80 Å². The highest BCUT2D eigenvalue weighted by molar-refractivity contribution is 6.23. The number of hydrogen-bond donors (Lipinski definition) is 0. The highest BCUT2D eigenvalue weighted by atomic mass is 16.5. The summed E-state index contributed by atoms with van der Waals surface area (Å²) in [5, 5.41) is 0. The topological polar surface area (TPSA) is 93.2 Å². The van der Waals surface area contributed by atoms with E-state index in [1.807, 2.05) is 85.0 Å². The summed E-state index contributed by atoms with van der Waals surface area (Å²) in [6.45, 7) is 4.27. The van der Waals surface area contributed by atoms with Gasteiger partial charge in [0.2, 0.25) is 0 Å². The number of benzene rings is 4. The van der Waals surface area contributed by atoms with E-state index in [1.165, 1.54) is 9.80 Å². The van der Waals surface area contributed by atoms with Gasteiger partial charge in [-0.1, -0.05) is 62.4 Å². The molecular formula is C43H34N2O6. The molecule has 0 N–H and O–H groups in total. The van der Waals surface area contributed by atoms with Crippen LogP contribution in [-0.4, -0.2) is 33.4 Å². The highest BCUT2D eigenvalue weighted by Gasteiger charge is 2.39. The van der Waals surface area contributed by atoms with Crippen LogP contribution in [0.2, 0.25) is 0 Å². The molecule has 4 aromatic carbocycles. The van der Waals surface area contributed by atoms with E-state index in [0.29, 0.717) is 69.5 Å². The lowest BCUT2D eigenvalue weighted by molar-refractivity contribution is 0.0682. The molecule has 0 saturated carbocycles. The lowest BCUT2D eigenvalue weighted by Crippen LogP contribution is -2.29. The zero-order valence-electron chi connectivity index (χ0n) is 28.2. The molecule has 8 heteroatoms. The Hall–Kier alpha value is -6.28. The third-order valence-electron chi connectivity index (χ3n) is 9.90. The van der Waals surface area contributed by atoms with Gasteiger partial charge >= 0.3 is 0 Å². The number of imide groups is 2. The van der Waals surface area contributed by atoms with Crippen molar-refractivity contribution < 1.29 is 28.7 Å². The molecule has 252 valence electrons. The van der Waals surface area contributed by atoms with Gasteiger partial charge in [0.15, 0.2) is 0 Å². The second-order valence-corrected chi connectivity index (χ2v) is 13.4. The normalized spacial score (nSPS) is 16.7. The number of ether oxygens (including phenoxy) is 2. The summed E-state index contributed by atoms with van der Waals surface area (Å²) < 4.78 is 12.2. The molecule has 51 heavy (non-hydrogen) atoms. The average molecular weight is 675 g/mol. The Morgan fingerprint density at radius 1 is 0.490 bits per heavy atom. The first-order valence-corrected chi connectivity index (χ1v) is 17.0. The van der Waals surface area contributed by atoms with E-state index >= 15 is 0 Å². The van der Waals surface area contributed by atoms with Crippen LogP contribution in [0.25, 0.3) is 0 Å². The summed E-state index contributed by atoms with van der Waals surface area (Å²) in [5.41, 5.74) is 4.65. The number of allylic oxidation sites excluding steroid dienone is 8. The monoisotopic (exact) mass is 674 g/mol. The molecule has 0 unspecified atom stereocenters. The van der Waals surface area contributed by atoms with Gasteiger partial charge in [0.25, 0.3) is 23.6 Å². The Balaban J connectivity index is 0.934. The van der Waals surface area contributed by atoms with Gasteiger partial charge in [0.05, 0.1) is 22.3 Å². The van der Waals surface area contributed by atoms with E-state index in [4.69, 9.17) is 9.47 Å². The number of carbonyl (C=O) groups is 4. The minimum absolute atomic E-state index is 0.302. The fraction of sp³-hybridized carbons (Fsp3) is 0.163. The van der Waals surface area contributed by atoms with Crippen molar-refractivity contribution in [2.45, 2.75) is 44.9 Å². The van der Waals surface area contributed by atoms with E-state index in [0.717, 1.165) is 24.0 Å². The summed E-state index contributed by atoms with van der Waals surface area (Å²) >= 11 is 0. The van der Waals surface area contributed by atoms with Crippen molar-refractivity contribution >= 4 is 23.6 Å². The Morgan fingerprint density at radius 3 is 1.24 bits per heavy atom. The maximum absolute atomic E-state index is 13.2. The van der Waals surface area contributed by atoms with Gasteiger partial charge < -0.3 is 9.47 Å². The Labute approximate surface area is 295 Å². The van der Waals surface area contributed by atoms with Crippen molar-refractivity contribution in [1.82, 2.24) is 9.80 Å². The van der Waals surface area contributed by atoms with Gasteiger partial charge in [0, 0.05) is 16.8 Å². The van der Waals surface area contributed by atoms with E-state index in [9.17, 15) is 19.2 Å². The fourth-order valence-electron chi connectivity index (χ4n) is 6.96. The lowest BCUT2D eigenvalue weighted by atomic mass is 9.78. The van der Waals surface area contributed by atoms with Crippen molar-refractivity contribution in [1.29, 1.82) is 0 Å². The fourth-order valence-corrected chi connectivity index (χ4v) is 6.96. The van der Waals surface area contributed by atoms with Crippen molar-refractivity contribution in [3.05, 3.63) is 166 Å². The minimum Gasteiger partial charge on any atom is -0.457 e. The quantitative estimate of drug-likeness (QED) is 0.173. The van der Waals surface area contributed by atoms with E-state index in [-0.39, 0.29) is 29.0 Å². The molecule has 0 radical (unpaired) electrons. The third-order valence-corrected chi connectivity index (χ3v) is 9.90. The maximum Gasteiger partial charge on any atom is 0.266 e. The SMILES string of the molecule is CC(C)(c1ccc(Oc2ccc3c(c2)C(=O)N(C2=CC=CCC2)C3=O)cc1)c1ccc(Oc2ccc3c(c2)C(=O)N(C2=CC=CCC2)C3=O)cc1. The molecular weight excluding hydrogens is 640 g/mol. The predicted octanol–water partition coefficient (Wildman–Crippen LogP) is 9.26. The van der Waals surface area contributed by atoms with Gasteiger partial charge in [-0.3, -0.25) is 19.2 Å². The maximum atomic E-state index is 13.2. The number of carbonyl (C=O) groups excluding carboxylic acids is 4. The van der Waals surface area contributed by atoms with Gasteiger partial charge in [-0.15, -0.1) is 0 Å². The van der Waals surface area contributed by atoms with Crippen LogP contribution in [0.15, 0.2) is 133 Å². The number of nitrogens with zero attached hydrogens (tertiary/aromatic N) is 2. The van der Waals surface area contributed by atoms with Crippen LogP contribution in [0, 0.1) is 0 Å². The molecule has 2 aliphatic carbocycles. The lowest BCUT2D eigenvalue weighted by Gasteiger charge is -2.26. The number of hydrogen-bond acceptors (Lipinski definition) is 6. The van der Waals surface area contributed by atoms with Gasteiger partial charge in [0.1, 0.15) is 23.0 Å². The number of amides is 4. The first-order chi connectivity index (χ1) is 24.7. The second-order valence-electron chi connectivity index (χ2n) is 13.4. The molecule has 4 amide bonds. The molecule has 0 aromatic heterocycles. The van der Waals surface area contributed by atoms with E-state index in [2.05, 4.69) is 13.8 Å². The van der Waals surface area contributed by atoms with Crippen molar-refractivity contribution in [3.63, 3.8) is 0 Å². The predicted molar refractivity (Wildman–Crippen MR) is 192 cm³/mol. The van der Waals surface area contributed by atoms with E-state index < -0.39 is 0 Å². The van der Waals surface area contributed by atoms with Gasteiger partial charge in [-0.2, -0.15) is 0 Å². The molecule has 4 aromatic rings. The highest BCUT2D eigenvalue weighted by Crippen LogP contribution is 2.37. The van der Waals surface area contributed by atoms with Crippen LogP contribution in [-0.2, 0) is 5.41 Å². The summed E-state index contributed by atoms with van der Waals surface area (Å²) in [4.78, 5) is 54.9. The molecule has 0 bridgehead atoms. The zero-order valence-corrected chi connectivity index (χ0v) is 28.2. The largest absolute Gasteiger partial charge is 0.457 e. The van der Waals surface area contributed by atoms with Crippen LogP contribution in [0.1, 0.15) is 92.1 Å². The zero-order chi connectivity index (χ0) is 35.3. The minimum atomic E-state index is -0.351. The number of rotatable bonds is 8. The molecule has 0 saturated heterocycles. The molecule has 2 aliphatic heterocycles. The first-order valence-electron chi connectivity index (χ1n) is 17.0. The molecule has 0 spiro atoms. The van der Waals surface area contributed by atoms with Crippen LogP contribution >= 0.6 is 0 Å². The molecule has 8 rings (SSSR count). The molecule has 8 nitrogen and oxygen atoms in total. The van der Waals surface area contributed by atoms with Crippen molar-refractivity contribution in [2.24, 2.45) is 0 Å². The molecule has 4 aliphatic rings. The summed E-state index contributed by atoms with van der Waals surface area (Å²) in [6, 6.07) is 25.6. The first kappa shape index (κ1) is 32.0. The standard InChI is InChI=1S/C43H34N2O6/c1-43(2,27-13-17-31(18-14-27)50-33-21-23-35-37(25-33)41(48)44(39(35)46)29-9-5-3-6-10-29)28-15-19-32(20-16-28)51-34-22-24-36-38(26-34)42(49)45(40(36)47)30-11-7-4-8-12-30/h3-5,7,9,11,13-26H,6,8,10,12H2,1-2H3. The van der Waals surface area contributed by atoms with Crippen molar-refractivity contribution in [3.8, 4) is 23.0 Å². The van der Waals surface area contributed by atoms with Crippen LogP contribution in [0.5, 0.6) is 23.0 Å². The second kappa shape index (κ2) is 12.6. The Kier molecular flexibility index (Phi) is 7.87. The average Bonchev–Trinajstić information content (AvgIpc) is 3.55. The summed E-state index contributed by atoms with van der Waals surface area (Å²) in [7, 11) is 0. The summed E-state index contributed by atoms with van der Waals surface area (Å²) in [5.74, 6) is 0.918. The molecule has 0 fully saturated rings.